The zero-order valence-corrected chi connectivity index (χ0v) is 18.4. The molecule has 162 valence electrons. The number of hydrogen-bond donors (Lipinski definition) is 1. The summed E-state index contributed by atoms with van der Waals surface area (Å²) in [6.07, 6.45) is 6.13. The van der Waals surface area contributed by atoms with Crippen molar-refractivity contribution in [1.29, 1.82) is 0 Å². The van der Waals surface area contributed by atoms with Crippen molar-refractivity contribution in [1.82, 2.24) is 29.7 Å². The van der Waals surface area contributed by atoms with E-state index in [0.29, 0.717) is 5.82 Å². The molecule has 1 saturated heterocycles. The largest absolute Gasteiger partial charge is 0.356 e. The Kier molecular flexibility index (Phi) is 5.59. The number of benzene rings is 1. The van der Waals surface area contributed by atoms with Gasteiger partial charge in [-0.2, -0.15) is 5.10 Å². The molecule has 1 fully saturated rings. The Balaban J connectivity index is 1.21. The van der Waals surface area contributed by atoms with E-state index >= 15 is 0 Å². The van der Waals surface area contributed by atoms with E-state index in [1.165, 1.54) is 12.7 Å². The first-order valence-electron chi connectivity index (χ1n) is 10.4. The van der Waals surface area contributed by atoms with E-state index in [-0.39, 0.29) is 11.8 Å². The average Bonchev–Trinajstić information content (AvgIpc) is 3.52. The van der Waals surface area contributed by atoms with E-state index in [0.717, 1.165) is 53.7 Å². The molecule has 0 radical (unpaired) electrons. The first-order valence-corrected chi connectivity index (χ1v) is 11.3. The topological polar surface area (TPSA) is 102 Å². The molecular formula is C22H22N8OS. The van der Waals surface area contributed by atoms with Gasteiger partial charge in [0.1, 0.15) is 24.8 Å². The molecule has 1 aromatic carbocycles. The van der Waals surface area contributed by atoms with E-state index in [9.17, 15) is 4.79 Å². The second-order valence-electron chi connectivity index (χ2n) is 7.66. The number of piperidine rings is 1. The molecule has 0 spiro atoms. The van der Waals surface area contributed by atoms with Gasteiger partial charge >= 0.3 is 0 Å². The number of carbonyl (C=O) groups excluding carboxylic acids is 1. The summed E-state index contributed by atoms with van der Waals surface area (Å²) in [5.74, 6) is 1.52. The van der Waals surface area contributed by atoms with Gasteiger partial charge in [0.15, 0.2) is 5.82 Å². The standard InChI is InChI=1S/C22H22N8OS/c1-15-27-19(11-32-15)17-3-2-4-18(9-17)28-22(31)16-5-7-29(8-6-16)20-10-21(25-13-24-20)30-14-23-12-26-30/h2-4,9-14,16H,5-8H2,1H3,(H,28,31). The summed E-state index contributed by atoms with van der Waals surface area (Å²) >= 11 is 1.62. The van der Waals surface area contributed by atoms with Crippen LogP contribution in [-0.4, -0.2) is 48.7 Å². The van der Waals surface area contributed by atoms with Crippen molar-refractivity contribution in [2.45, 2.75) is 19.8 Å². The van der Waals surface area contributed by atoms with Crippen molar-refractivity contribution in [3.8, 4) is 17.1 Å². The van der Waals surface area contributed by atoms with E-state index in [2.05, 4.69) is 35.3 Å². The van der Waals surface area contributed by atoms with Gasteiger partial charge in [-0.3, -0.25) is 4.79 Å². The number of amides is 1. The van der Waals surface area contributed by atoms with Crippen molar-refractivity contribution < 1.29 is 4.79 Å². The molecule has 3 aromatic heterocycles. The third-order valence-electron chi connectivity index (χ3n) is 5.53. The number of aromatic nitrogens is 6. The second kappa shape index (κ2) is 8.83. The van der Waals surface area contributed by atoms with Crippen LogP contribution in [0.2, 0.25) is 0 Å². The molecule has 5 rings (SSSR count). The fraction of sp³-hybridized carbons (Fsp3) is 0.273. The van der Waals surface area contributed by atoms with Crippen molar-refractivity contribution in [2.75, 3.05) is 23.3 Å². The first-order chi connectivity index (χ1) is 15.7. The molecule has 0 saturated carbocycles. The molecule has 4 aromatic rings. The zero-order chi connectivity index (χ0) is 21.9. The molecule has 0 aliphatic carbocycles. The molecule has 1 aliphatic rings. The summed E-state index contributed by atoms with van der Waals surface area (Å²) in [7, 11) is 0. The first kappa shape index (κ1) is 20.3. The van der Waals surface area contributed by atoms with E-state index in [1.807, 2.05) is 42.6 Å². The van der Waals surface area contributed by atoms with Crippen LogP contribution in [0.25, 0.3) is 17.1 Å². The Bertz CT molecular complexity index is 1210. The van der Waals surface area contributed by atoms with Crippen LogP contribution >= 0.6 is 11.3 Å². The van der Waals surface area contributed by atoms with Crippen molar-refractivity contribution >= 4 is 28.7 Å². The lowest BCUT2D eigenvalue weighted by atomic mass is 9.95. The number of thiazole rings is 1. The molecular weight excluding hydrogens is 424 g/mol. The number of nitrogens with zero attached hydrogens (tertiary/aromatic N) is 7. The molecule has 9 nitrogen and oxygen atoms in total. The zero-order valence-electron chi connectivity index (χ0n) is 17.5. The maximum Gasteiger partial charge on any atom is 0.227 e. The maximum absolute atomic E-state index is 12.9. The van der Waals surface area contributed by atoms with Gasteiger partial charge in [0.25, 0.3) is 0 Å². The van der Waals surface area contributed by atoms with Crippen LogP contribution in [0.3, 0.4) is 0 Å². The highest BCUT2D eigenvalue weighted by Gasteiger charge is 2.26. The van der Waals surface area contributed by atoms with Crippen LogP contribution in [-0.2, 0) is 4.79 Å². The molecule has 1 N–H and O–H groups in total. The smallest absolute Gasteiger partial charge is 0.227 e. The maximum atomic E-state index is 12.9. The van der Waals surface area contributed by atoms with Crippen LogP contribution in [0.1, 0.15) is 17.8 Å². The van der Waals surface area contributed by atoms with Gasteiger partial charge in [-0.1, -0.05) is 12.1 Å². The third-order valence-corrected chi connectivity index (χ3v) is 6.30. The van der Waals surface area contributed by atoms with Gasteiger partial charge in [0.2, 0.25) is 5.91 Å². The Morgan fingerprint density at radius 2 is 1.97 bits per heavy atom. The van der Waals surface area contributed by atoms with Gasteiger partial charge in [-0.25, -0.2) is 24.6 Å². The minimum Gasteiger partial charge on any atom is -0.356 e. The van der Waals surface area contributed by atoms with Crippen molar-refractivity contribution in [2.24, 2.45) is 5.92 Å². The summed E-state index contributed by atoms with van der Waals surface area (Å²) in [5, 5.41) is 10.3. The molecule has 4 heterocycles. The van der Waals surface area contributed by atoms with Crippen LogP contribution in [0.4, 0.5) is 11.5 Å². The number of rotatable bonds is 5. The number of hydrogen-bond acceptors (Lipinski definition) is 8. The Morgan fingerprint density at radius 3 is 2.72 bits per heavy atom. The number of aryl methyl sites for hydroxylation is 1. The minimum absolute atomic E-state index is 0.0342. The third kappa shape index (κ3) is 4.35. The molecule has 0 bridgehead atoms. The fourth-order valence-corrected chi connectivity index (χ4v) is 4.45. The minimum atomic E-state index is -0.0342. The fourth-order valence-electron chi connectivity index (χ4n) is 3.83. The normalized spacial score (nSPS) is 14.5. The van der Waals surface area contributed by atoms with Gasteiger partial charge in [0.05, 0.1) is 10.7 Å². The van der Waals surface area contributed by atoms with Crippen LogP contribution in [0.5, 0.6) is 0 Å². The highest BCUT2D eigenvalue weighted by molar-refractivity contribution is 7.09. The Morgan fingerprint density at radius 1 is 1.12 bits per heavy atom. The highest BCUT2D eigenvalue weighted by atomic mass is 32.1. The lowest BCUT2D eigenvalue weighted by molar-refractivity contribution is -0.120. The average molecular weight is 447 g/mol. The SMILES string of the molecule is Cc1nc(-c2cccc(NC(=O)C3CCN(c4cc(-n5cncn5)ncn4)CC3)c2)cs1. The molecule has 0 unspecified atom stereocenters. The predicted molar refractivity (Wildman–Crippen MR) is 123 cm³/mol. The highest BCUT2D eigenvalue weighted by Crippen LogP contribution is 2.26. The predicted octanol–water partition coefficient (Wildman–Crippen LogP) is 3.34. The van der Waals surface area contributed by atoms with Gasteiger partial charge in [-0.15, -0.1) is 11.3 Å². The molecule has 1 aliphatic heterocycles. The van der Waals surface area contributed by atoms with Crippen LogP contribution < -0.4 is 10.2 Å². The van der Waals surface area contributed by atoms with Crippen LogP contribution in [0, 0.1) is 12.8 Å². The summed E-state index contributed by atoms with van der Waals surface area (Å²) in [5.41, 5.74) is 2.75. The summed E-state index contributed by atoms with van der Waals surface area (Å²) in [6, 6.07) is 9.75. The van der Waals surface area contributed by atoms with Crippen molar-refractivity contribution in [3.05, 3.63) is 59.7 Å². The number of carbonyl (C=O) groups is 1. The Hall–Kier alpha value is -3.66. The lowest BCUT2D eigenvalue weighted by Crippen LogP contribution is -2.38. The molecule has 32 heavy (non-hydrogen) atoms. The summed E-state index contributed by atoms with van der Waals surface area (Å²) in [4.78, 5) is 32.2. The lowest BCUT2D eigenvalue weighted by Gasteiger charge is -2.32. The van der Waals surface area contributed by atoms with E-state index < -0.39 is 0 Å². The summed E-state index contributed by atoms with van der Waals surface area (Å²) in [6.45, 7) is 3.50. The quantitative estimate of drug-likeness (QED) is 0.502. The summed E-state index contributed by atoms with van der Waals surface area (Å²) < 4.78 is 1.60. The number of nitrogens with one attached hydrogen (secondary N) is 1. The number of anilines is 2. The van der Waals surface area contributed by atoms with Gasteiger partial charge in [0, 0.05) is 41.7 Å². The molecule has 0 atom stereocenters. The van der Waals surface area contributed by atoms with Gasteiger partial charge < -0.3 is 10.2 Å². The Labute approximate surface area is 189 Å². The molecule has 1 amide bonds. The van der Waals surface area contributed by atoms with E-state index in [1.54, 1.807) is 22.3 Å². The monoisotopic (exact) mass is 446 g/mol. The molecule has 10 heteroatoms. The van der Waals surface area contributed by atoms with Crippen molar-refractivity contribution in [3.63, 3.8) is 0 Å². The van der Waals surface area contributed by atoms with E-state index in [4.69, 9.17) is 0 Å². The van der Waals surface area contributed by atoms with Gasteiger partial charge in [-0.05, 0) is 31.9 Å². The van der Waals surface area contributed by atoms with Crippen LogP contribution in [0.15, 0.2) is 54.7 Å². The second-order valence-corrected chi connectivity index (χ2v) is 8.72.